The van der Waals surface area contributed by atoms with Crippen molar-refractivity contribution in [2.45, 2.75) is 51.7 Å². The van der Waals surface area contributed by atoms with E-state index < -0.39 is 5.97 Å². The monoisotopic (exact) mass is 339 g/mol. The lowest BCUT2D eigenvalue weighted by Gasteiger charge is -2.27. The van der Waals surface area contributed by atoms with Gasteiger partial charge in [0.15, 0.2) is 0 Å². The number of hydrogen-bond acceptors (Lipinski definition) is 3. The van der Waals surface area contributed by atoms with E-state index in [-0.39, 0.29) is 24.0 Å². The van der Waals surface area contributed by atoms with Gasteiger partial charge in [-0.15, -0.1) is 0 Å². The van der Waals surface area contributed by atoms with Crippen molar-refractivity contribution in [1.29, 1.82) is 0 Å². The van der Waals surface area contributed by atoms with Crippen molar-refractivity contribution in [1.82, 2.24) is 5.32 Å². The summed E-state index contributed by atoms with van der Waals surface area (Å²) in [6, 6.07) is 4.97. The maximum atomic E-state index is 12.5. The zero-order valence-corrected chi connectivity index (χ0v) is 14.1. The zero-order valence-electron chi connectivity index (χ0n) is 13.3. The molecule has 1 aromatic rings. The van der Waals surface area contributed by atoms with Crippen LogP contribution in [0.2, 0.25) is 5.02 Å². The molecule has 2 rings (SSSR count). The molecule has 1 aliphatic rings. The highest BCUT2D eigenvalue weighted by Crippen LogP contribution is 2.27. The summed E-state index contributed by atoms with van der Waals surface area (Å²) in [4.78, 5) is 23.5. The molecule has 0 atom stereocenters. The van der Waals surface area contributed by atoms with E-state index in [4.69, 9.17) is 21.4 Å². The molecule has 0 unspecified atom stereocenters. The van der Waals surface area contributed by atoms with Crippen LogP contribution < -0.4 is 10.1 Å². The normalized spacial score (nSPS) is 21.0. The highest BCUT2D eigenvalue weighted by molar-refractivity contribution is 6.31. The Morgan fingerprint density at radius 3 is 2.48 bits per heavy atom. The van der Waals surface area contributed by atoms with E-state index in [0.717, 1.165) is 0 Å². The van der Waals surface area contributed by atoms with Crippen LogP contribution in [0.25, 0.3) is 0 Å². The topological polar surface area (TPSA) is 75.6 Å². The number of amides is 1. The van der Waals surface area contributed by atoms with Crippen molar-refractivity contribution in [3.05, 3.63) is 28.8 Å². The quantitative estimate of drug-likeness (QED) is 0.860. The molecule has 23 heavy (non-hydrogen) atoms. The van der Waals surface area contributed by atoms with Gasteiger partial charge in [0.1, 0.15) is 5.75 Å². The number of hydrogen-bond donors (Lipinski definition) is 2. The molecule has 1 aliphatic carbocycles. The largest absolute Gasteiger partial charge is 0.490 e. The van der Waals surface area contributed by atoms with Crippen LogP contribution in [-0.2, 0) is 4.79 Å². The van der Waals surface area contributed by atoms with Gasteiger partial charge in [0, 0.05) is 11.1 Å². The standard InChI is InChI=1S/C17H22ClNO4/c1-10(2)23-15-8-5-12(18)9-14(15)16(20)19-13-6-3-11(4-7-13)17(21)22/h5,8-11,13H,3-4,6-7H2,1-2H3,(H,19,20)(H,21,22). The Kier molecular flexibility index (Phi) is 5.88. The minimum atomic E-state index is -0.753. The second-order valence-corrected chi connectivity index (χ2v) is 6.60. The number of carboxylic acids is 1. The second-order valence-electron chi connectivity index (χ2n) is 6.17. The highest BCUT2D eigenvalue weighted by Gasteiger charge is 2.27. The van der Waals surface area contributed by atoms with Gasteiger partial charge in [-0.1, -0.05) is 11.6 Å². The molecule has 6 heteroatoms. The first-order valence-electron chi connectivity index (χ1n) is 7.86. The molecule has 0 radical (unpaired) electrons. The molecule has 0 aromatic heterocycles. The minimum Gasteiger partial charge on any atom is -0.490 e. The number of aliphatic carboxylic acids is 1. The Morgan fingerprint density at radius 2 is 1.91 bits per heavy atom. The molecule has 1 amide bonds. The van der Waals surface area contributed by atoms with Crippen molar-refractivity contribution in [2.24, 2.45) is 5.92 Å². The van der Waals surface area contributed by atoms with Crippen molar-refractivity contribution in [3.63, 3.8) is 0 Å². The number of halogens is 1. The smallest absolute Gasteiger partial charge is 0.306 e. The molecule has 0 saturated heterocycles. The first kappa shape index (κ1) is 17.6. The van der Waals surface area contributed by atoms with Crippen molar-refractivity contribution in [3.8, 4) is 5.75 Å². The first-order chi connectivity index (χ1) is 10.9. The number of carbonyl (C=O) groups excluding carboxylic acids is 1. The molecule has 0 spiro atoms. The van der Waals surface area contributed by atoms with Crippen LogP contribution in [0.1, 0.15) is 49.9 Å². The number of carboxylic acid groups (broad SMARTS) is 1. The van der Waals surface area contributed by atoms with Crippen LogP contribution in [-0.4, -0.2) is 29.1 Å². The van der Waals surface area contributed by atoms with Crippen LogP contribution in [0.5, 0.6) is 5.75 Å². The summed E-state index contributed by atoms with van der Waals surface area (Å²) < 4.78 is 5.66. The van der Waals surface area contributed by atoms with E-state index >= 15 is 0 Å². The van der Waals surface area contributed by atoms with E-state index in [1.54, 1.807) is 18.2 Å². The van der Waals surface area contributed by atoms with Gasteiger partial charge in [-0.05, 0) is 57.7 Å². The maximum Gasteiger partial charge on any atom is 0.306 e. The Balaban J connectivity index is 2.03. The van der Waals surface area contributed by atoms with E-state index in [9.17, 15) is 9.59 Å². The van der Waals surface area contributed by atoms with Gasteiger partial charge in [0.25, 0.3) is 5.91 Å². The summed E-state index contributed by atoms with van der Waals surface area (Å²) in [5, 5.41) is 12.5. The van der Waals surface area contributed by atoms with Gasteiger partial charge in [0.2, 0.25) is 0 Å². The number of carbonyl (C=O) groups is 2. The lowest BCUT2D eigenvalue weighted by Crippen LogP contribution is -2.38. The van der Waals surface area contributed by atoms with Crippen LogP contribution >= 0.6 is 11.6 Å². The van der Waals surface area contributed by atoms with Crippen molar-refractivity contribution in [2.75, 3.05) is 0 Å². The Bertz CT molecular complexity index is 580. The van der Waals surface area contributed by atoms with Crippen LogP contribution in [0.4, 0.5) is 0 Å². The fourth-order valence-electron chi connectivity index (χ4n) is 2.78. The summed E-state index contributed by atoms with van der Waals surface area (Å²) >= 11 is 5.99. The summed E-state index contributed by atoms with van der Waals surface area (Å²) in [5.74, 6) is -0.783. The molecule has 2 N–H and O–H groups in total. The molecule has 0 bridgehead atoms. The third-order valence-electron chi connectivity index (χ3n) is 3.96. The number of benzene rings is 1. The number of ether oxygens (including phenoxy) is 1. The third kappa shape index (κ3) is 4.86. The van der Waals surface area contributed by atoms with Gasteiger partial charge in [-0.3, -0.25) is 9.59 Å². The lowest BCUT2D eigenvalue weighted by atomic mass is 9.86. The van der Waals surface area contributed by atoms with Gasteiger partial charge < -0.3 is 15.2 Å². The molecule has 126 valence electrons. The molecular formula is C17H22ClNO4. The predicted molar refractivity (Wildman–Crippen MR) is 88.1 cm³/mol. The summed E-state index contributed by atoms with van der Waals surface area (Å²) in [5.41, 5.74) is 0.409. The summed E-state index contributed by atoms with van der Waals surface area (Å²) in [6.45, 7) is 3.78. The van der Waals surface area contributed by atoms with Crippen LogP contribution in [0.15, 0.2) is 18.2 Å². The van der Waals surface area contributed by atoms with Gasteiger partial charge in [-0.25, -0.2) is 0 Å². The summed E-state index contributed by atoms with van der Waals surface area (Å²) in [7, 11) is 0. The van der Waals surface area contributed by atoms with Gasteiger partial charge in [-0.2, -0.15) is 0 Å². The second kappa shape index (κ2) is 7.68. The number of rotatable bonds is 5. The molecule has 5 nitrogen and oxygen atoms in total. The first-order valence-corrected chi connectivity index (χ1v) is 8.24. The molecule has 0 aliphatic heterocycles. The molecule has 1 aromatic carbocycles. The van der Waals surface area contributed by atoms with E-state index in [1.165, 1.54) is 0 Å². The van der Waals surface area contributed by atoms with Gasteiger partial charge in [0.05, 0.1) is 17.6 Å². The highest BCUT2D eigenvalue weighted by atomic mass is 35.5. The van der Waals surface area contributed by atoms with E-state index in [2.05, 4.69) is 5.32 Å². The average Bonchev–Trinajstić information content (AvgIpc) is 2.49. The fourth-order valence-corrected chi connectivity index (χ4v) is 2.96. The average molecular weight is 340 g/mol. The summed E-state index contributed by atoms with van der Waals surface area (Å²) in [6.07, 6.45) is 2.47. The SMILES string of the molecule is CC(C)Oc1ccc(Cl)cc1C(=O)NC1CCC(C(=O)O)CC1. The molecule has 1 saturated carbocycles. The Morgan fingerprint density at radius 1 is 1.26 bits per heavy atom. The predicted octanol–water partition coefficient (Wildman–Crippen LogP) is 3.50. The Labute approximate surface area is 141 Å². The van der Waals surface area contributed by atoms with Crippen LogP contribution in [0, 0.1) is 5.92 Å². The van der Waals surface area contributed by atoms with E-state index in [0.29, 0.717) is 42.0 Å². The lowest BCUT2D eigenvalue weighted by molar-refractivity contribution is -0.142. The fraction of sp³-hybridized carbons (Fsp3) is 0.529. The van der Waals surface area contributed by atoms with E-state index in [1.807, 2.05) is 13.8 Å². The third-order valence-corrected chi connectivity index (χ3v) is 4.20. The molecular weight excluding hydrogens is 318 g/mol. The molecule has 1 fully saturated rings. The minimum absolute atomic E-state index is 0.0102. The maximum absolute atomic E-state index is 12.5. The van der Waals surface area contributed by atoms with Gasteiger partial charge >= 0.3 is 5.97 Å². The van der Waals surface area contributed by atoms with Crippen molar-refractivity contribution < 1.29 is 19.4 Å². The van der Waals surface area contributed by atoms with Crippen molar-refractivity contribution >= 4 is 23.5 Å². The van der Waals surface area contributed by atoms with Crippen LogP contribution in [0.3, 0.4) is 0 Å². The Hall–Kier alpha value is -1.75. The zero-order chi connectivity index (χ0) is 17.0. The number of nitrogens with one attached hydrogen (secondary N) is 1. The molecule has 0 heterocycles.